The summed E-state index contributed by atoms with van der Waals surface area (Å²) in [5, 5.41) is 5.78. The largest absolute Gasteiger partial charge is 0.356 e. The van der Waals surface area contributed by atoms with E-state index in [1.54, 1.807) is 0 Å². The molecule has 2 fully saturated rings. The minimum atomic E-state index is 0.142. The van der Waals surface area contributed by atoms with Crippen LogP contribution in [0, 0.1) is 11.8 Å². The molecule has 0 aromatic carbocycles. The van der Waals surface area contributed by atoms with E-state index in [1.165, 1.54) is 0 Å². The monoisotopic (exact) mass is 224 g/mol. The van der Waals surface area contributed by atoms with Crippen LogP contribution in [-0.2, 0) is 9.59 Å². The summed E-state index contributed by atoms with van der Waals surface area (Å²) in [6.07, 6.45) is 5.86. The molecule has 2 aliphatic rings. The van der Waals surface area contributed by atoms with Gasteiger partial charge in [-0.15, -0.1) is 0 Å². The van der Waals surface area contributed by atoms with E-state index in [0.717, 1.165) is 51.6 Å². The van der Waals surface area contributed by atoms with Gasteiger partial charge in [0.2, 0.25) is 11.8 Å². The summed E-state index contributed by atoms with van der Waals surface area (Å²) in [6, 6.07) is 0. The highest BCUT2D eigenvalue weighted by molar-refractivity contribution is 5.80. The van der Waals surface area contributed by atoms with Gasteiger partial charge in [-0.2, -0.15) is 0 Å². The van der Waals surface area contributed by atoms with Gasteiger partial charge in [-0.3, -0.25) is 9.59 Å². The zero-order valence-electron chi connectivity index (χ0n) is 9.63. The maximum absolute atomic E-state index is 11.5. The van der Waals surface area contributed by atoms with E-state index in [4.69, 9.17) is 0 Å². The van der Waals surface area contributed by atoms with Gasteiger partial charge in [-0.25, -0.2) is 0 Å². The topological polar surface area (TPSA) is 58.2 Å². The van der Waals surface area contributed by atoms with Gasteiger partial charge in [-0.1, -0.05) is 0 Å². The minimum Gasteiger partial charge on any atom is -0.356 e. The van der Waals surface area contributed by atoms with Crippen molar-refractivity contribution < 1.29 is 9.59 Å². The molecular weight excluding hydrogens is 204 g/mol. The van der Waals surface area contributed by atoms with E-state index >= 15 is 0 Å². The Morgan fingerprint density at radius 1 is 0.875 bits per heavy atom. The average molecular weight is 224 g/mol. The summed E-state index contributed by atoms with van der Waals surface area (Å²) in [5.41, 5.74) is 0. The molecule has 16 heavy (non-hydrogen) atoms. The number of piperidine rings is 2. The van der Waals surface area contributed by atoms with Gasteiger partial charge in [-0.05, 0) is 38.5 Å². The Hall–Kier alpha value is -1.06. The lowest BCUT2D eigenvalue weighted by Gasteiger charge is -2.25. The summed E-state index contributed by atoms with van der Waals surface area (Å²) in [5.74, 6) is 0.650. The van der Waals surface area contributed by atoms with E-state index in [1.807, 2.05) is 0 Å². The summed E-state index contributed by atoms with van der Waals surface area (Å²) in [7, 11) is 0. The summed E-state index contributed by atoms with van der Waals surface area (Å²) in [4.78, 5) is 23.1. The maximum Gasteiger partial charge on any atom is 0.223 e. The van der Waals surface area contributed by atoms with Crippen molar-refractivity contribution in [3.63, 3.8) is 0 Å². The lowest BCUT2D eigenvalue weighted by molar-refractivity contribution is -0.129. The van der Waals surface area contributed by atoms with E-state index in [0.29, 0.717) is 0 Å². The van der Waals surface area contributed by atoms with Crippen LogP contribution in [0.3, 0.4) is 0 Å². The molecule has 2 amide bonds. The number of carbonyl (C=O) groups excluding carboxylic acids is 2. The average Bonchev–Trinajstić information content (AvgIpc) is 2.30. The highest BCUT2D eigenvalue weighted by Gasteiger charge is 2.26. The third kappa shape index (κ3) is 2.74. The molecule has 2 saturated heterocycles. The molecule has 0 aromatic rings. The van der Waals surface area contributed by atoms with Gasteiger partial charge < -0.3 is 10.6 Å². The standard InChI is InChI=1S/C12H20N2O2/c15-11-9(3-1-7-13-11)5-6-10-4-2-8-14-12(10)16/h9-10H,1-8H2,(H,13,15)(H,14,16). The van der Waals surface area contributed by atoms with Gasteiger partial charge >= 0.3 is 0 Å². The first-order valence-corrected chi connectivity index (χ1v) is 6.33. The van der Waals surface area contributed by atoms with Crippen molar-refractivity contribution in [2.45, 2.75) is 38.5 Å². The first-order chi connectivity index (χ1) is 7.77. The molecule has 4 heteroatoms. The molecule has 90 valence electrons. The zero-order valence-corrected chi connectivity index (χ0v) is 9.63. The fourth-order valence-electron chi connectivity index (χ4n) is 2.62. The first-order valence-electron chi connectivity index (χ1n) is 6.33. The Morgan fingerprint density at radius 2 is 1.31 bits per heavy atom. The van der Waals surface area contributed by atoms with E-state index in [9.17, 15) is 9.59 Å². The van der Waals surface area contributed by atoms with Gasteiger partial charge in [0.1, 0.15) is 0 Å². The number of amides is 2. The van der Waals surface area contributed by atoms with Crippen molar-refractivity contribution in [3.05, 3.63) is 0 Å². The van der Waals surface area contributed by atoms with E-state index < -0.39 is 0 Å². The Morgan fingerprint density at radius 3 is 1.69 bits per heavy atom. The molecule has 2 unspecified atom stereocenters. The lowest BCUT2D eigenvalue weighted by Crippen LogP contribution is -2.39. The van der Waals surface area contributed by atoms with Gasteiger partial charge in [0.15, 0.2) is 0 Å². The smallest absolute Gasteiger partial charge is 0.223 e. The Kier molecular flexibility index (Phi) is 3.80. The molecule has 2 heterocycles. The molecule has 0 aliphatic carbocycles. The quantitative estimate of drug-likeness (QED) is 0.745. The van der Waals surface area contributed by atoms with Crippen LogP contribution >= 0.6 is 0 Å². The molecule has 4 nitrogen and oxygen atoms in total. The fraction of sp³-hybridized carbons (Fsp3) is 0.833. The van der Waals surface area contributed by atoms with E-state index in [2.05, 4.69) is 10.6 Å². The van der Waals surface area contributed by atoms with Crippen LogP contribution in [-0.4, -0.2) is 24.9 Å². The van der Waals surface area contributed by atoms with Crippen molar-refractivity contribution in [1.29, 1.82) is 0 Å². The maximum atomic E-state index is 11.5. The highest BCUT2D eigenvalue weighted by Crippen LogP contribution is 2.23. The molecule has 2 rings (SSSR count). The van der Waals surface area contributed by atoms with Crippen LogP contribution in [0.15, 0.2) is 0 Å². The molecule has 2 N–H and O–H groups in total. The summed E-state index contributed by atoms with van der Waals surface area (Å²) >= 11 is 0. The predicted octanol–water partition coefficient (Wildman–Crippen LogP) is 0.819. The molecule has 0 spiro atoms. The summed E-state index contributed by atoms with van der Waals surface area (Å²) in [6.45, 7) is 1.64. The third-order valence-electron chi connectivity index (χ3n) is 3.66. The van der Waals surface area contributed by atoms with Crippen LogP contribution in [0.4, 0.5) is 0 Å². The highest BCUT2D eigenvalue weighted by atomic mass is 16.2. The minimum absolute atomic E-state index is 0.142. The van der Waals surface area contributed by atoms with Crippen molar-refractivity contribution in [2.24, 2.45) is 11.8 Å². The molecule has 2 aliphatic heterocycles. The van der Waals surface area contributed by atoms with Crippen LogP contribution in [0.5, 0.6) is 0 Å². The van der Waals surface area contributed by atoms with Crippen molar-refractivity contribution in [1.82, 2.24) is 10.6 Å². The molecule has 0 aromatic heterocycles. The van der Waals surface area contributed by atoms with E-state index in [-0.39, 0.29) is 23.7 Å². The number of carbonyl (C=O) groups is 2. The summed E-state index contributed by atoms with van der Waals surface area (Å²) < 4.78 is 0. The van der Waals surface area contributed by atoms with Crippen LogP contribution in [0.2, 0.25) is 0 Å². The SMILES string of the molecule is O=C1NCCCC1CCC1CCCNC1=O. The first kappa shape index (κ1) is 11.4. The molecule has 0 bridgehead atoms. The van der Waals surface area contributed by atoms with Crippen LogP contribution in [0.25, 0.3) is 0 Å². The molecule has 0 saturated carbocycles. The number of nitrogens with one attached hydrogen (secondary N) is 2. The second-order valence-corrected chi connectivity index (χ2v) is 4.84. The predicted molar refractivity (Wildman–Crippen MR) is 60.7 cm³/mol. The number of hydrogen-bond acceptors (Lipinski definition) is 2. The van der Waals surface area contributed by atoms with Gasteiger partial charge in [0.25, 0.3) is 0 Å². The number of hydrogen-bond donors (Lipinski definition) is 2. The lowest BCUT2D eigenvalue weighted by atomic mass is 9.87. The van der Waals surface area contributed by atoms with Crippen LogP contribution < -0.4 is 10.6 Å². The van der Waals surface area contributed by atoms with Crippen molar-refractivity contribution >= 4 is 11.8 Å². The molecule has 0 radical (unpaired) electrons. The molecule has 2 atom stereocenters. The Balaban J connectivity index is 1.77. The van der Waals surface area contributed by atoms with Crippen molar-refractivity contribution in [2.75, 3.05) is 13.1 Å². The second-order valence-electron chi connectivity index (χ2n) is 4.84. The normalized spacial score (nSPS) is 30.8. The third-order valence-corrected chi connectivity index (χ3v) is 3.66. The van der Waals surface area contributed by atoms with Gasteiger partial charge in [0, 0.05) is 24.9 Å². The Bertz CT molecular complexity index is 250. The Labute approximate surface area is 96.2 Å². The van der Waals surface area contributed by atoms with Gasteiger partial charge in [0.05, 0.1) is 0 Å². The molecular formula is C12H20N2O2. The fourth-order valence-corrected chi connectivity index (χ4v) is 2.62. The second kappa shape index (κ2) is 5.32. The van der Waals surface area contributed by atoms with Crippen molar-refractivity contribution in [3.8, 4) is 0 Å². The number of rotatable bonds is 3. The van der Waals surface area contributed by atoms with Crippen LogP contribution in [0.1, 0.15) is 38.5 Å². The zero-order chi connectivity index (χ0) is 11.4.